The highest BCUT2D eigenvalue weighted by Crippen LogP contribution is 2.35. The summed E-state index contributed by atoms with van der Waals surface area (Å²) in [5, 5.41) is 9.55. The predicted octanol–water partition coefficient (Wildman–Crippen LogP) is 5.33. The molecule has 5 heteroatoms. The van der Waals surface area contributed by atoms with Gasteiger partial charge in [-0.3, -0.25) is 4.57 Å². The first-order chi connectivity index (χ1) is 12.7. The van der Waals surface area contributed by atoms with Crippen LogP contribution in [0.2, 0.25) is 5.02 Å². The number of aromatic nitrogens is 3. The number of rotatable bonds is 4. The first-order valence-corrected chi connectivity index (χ1v) is 9.48. The van der Waals surface area contributed by atoms with Gasteiger partial charge in [0.25, 0.3) is 0 Å². The summed E-state index contributed by atoms with van der Waals surface area (Å²) in [6.45, 7) is 2.00. The Hall–Kier alpha value is -2.33. The van der Waals surface area contributed by atoms with Crippen LogP contribution in [0.15, 0.2) is 54.6 Å². The number of benzene rings is 2. The summed E-state index contributed by atoms with van der Waals surface area (Å²) >= 11 is 6.03. The molecular formula is C21H22ClN3O. The van der Waals surface area contributed by atoms with Gasteiger partial charge < -0.3 is 4.74 Å². The van der Waals surface area contributed by atoms with Crippen LogP contribution in [-0.2, 0) is 0 Å². The van der Waals surface area contributed by atoms with Gasteiger partial charge in [-0.05, 0) is 69.0 Å². The first-order valence-electron chi connectivity index (χ1n) is 9.10. The molecule has 0 spiro atoms. The van der Waals surface area contributed by atoms with E-state index in [-0.39, 0.29) is 6.10 Å². The highest BCUT2D eigenvalue weighted by Gasteiger charge is 2.28. The van der Waals surface area contributed by atoms with Gasteiger partial charge in [0.15, 0.2) is 0 Å². The van der Waals surface area contributed by atoms with Crippen LogP contribution in [0.3, 0.4) is 0 Å². The summed E-state index contributed by atoms with van der Waals surface area (Å²) in [4.78, 5) is 0. The van der Waals surface area contributed by atoms with Crippen LogP contribution >= 0.6 is 11.6 Å². The molecule has 1 aliphatic carbocycles. The van der Waals surface area contributed by atoms with Crippen LogP contribution in [0.4, 0.5) is 0 Å². The molecule has 0 saturated heterocycles. The first kappa shape index (κ1) is 17.1. The van der Waals surface area contributed by atoms with Crippen LogP contribution in [0, 0.1) is 6.92 Å². The van der Waals surface area contributed by atoms with Gasteiger partial charge >= 0.3 is 0 Å². The molecule has 1 heterocycles. The van der Waals surface area contributed by atoms with Crippen molar-refractivity contribution >= 4 is 11.6 Å². The van der Waals surface area contributed by atoms with Gasteiger partial charge in [-0.2, -0.15) is 0 Å². The van der Waals surface area contributed by atoms with E-state index < -0.39 is 0 Å². The lowest BCUT2D eigenvalue weighted by Gasteiger charge is -2.28. The Morgan fingerprint density at radius 2 is 1.62 bits per heavy atom. The normalized spacial score (nSPS) is 20.1. The second-order valence-electron chi connectivity index (χ2n) is 6.82. The molecule has 1 fully saturated rings. The van der Waals surface area contributed by atoms with E-state index in [0.29, 0.717) is 5.92 Å². The smallest absolute Gasteiger partial charge is 0.140 e. The third-order valence-corrected chi connectivity index (χ3v) is 5.27. The van der Waals surface area contributed by atoms with Crippen LogP contribution in [-0.4, -0.2) is 20.9 Å². The number of ether oxygens (including phenoxy) is 1. The van der Waals surface area contributed by atoms with Gasteiger partial charge in [-0.1, -0.05) is 29.8 Å². The standard InChI is InChI=1S/C21H22ClN3O/c1-15-23-24-21(25(15)18-11-9-17(22)10-12-18)16-7-13-20(14-8-16)26-19-5-3-2-4-6-19/h2-6,9-12,16,20H,7-8,13-14H2,1H3/t16-,20-. The minimum Gasteiger partial charge on any atom is -0.490 e. The van der Waals surface area contributed by atoms with Gasteiger partial charge in [0.05, 0.1) is 6.10 Å². The zero-order valence-electron chi connectivity index (χ0n) is 14.8. The number of hydrogen-bond donors (Lipinski definition) is 0. The molecule has 1 aromatic heterocycles. The molecule has 26 heavy (non-hydrogen) atoms. The zero-order chi connectivity index (χ0) is 17.9. The summed E-state index contributed by atoms with van der Waals surface area (Å²) in [5.41, 5.74) is 1.06. The van der Waals surface area contributed by atoms with Crippen LogP contribution in [0.1, 0.15) is 43.3 Å². The third-order valence-electron chi connectivity index (χ3n) is 5.02. The molecule has 0 atom stereocenters. The molecule has 0 amide bonds. The topological polar surface area (TPSA) is 39.9 Å². The second-order valence-corrected chi connectivity index (χ2v) is 7.26. The van der Waals surface area contributed by atoms with Crippen molar-refractivity contribution < 1.29 is 4.74 Å². The summed E-state index contributed by atoms with van der Waals surface area (Å²) in [6.07, 6.45) is 4.46. The van der Waals surface area contributed by atoms with Crippen molar-refractivity contribution in [1.82, 2.24) is 14.8 Å². The van der Waals surface area contributed by atoms with Gasteiger partial charge in [0.2, 0.25) is 0 Å². The van der Waals surface area contributed by atoms with Crippen molar-refractivity contribution in [3.63, 3.8) is 0 Å². The van der Waals surface area contributed by atoms with Gasteiger partial charge in [-0.25, -0.2) is 0 Å². The minimum absolute atomic E-state index is 0.279. The van der Waals surface area contributed by atoms with Gasteiger partial charge in [0.1, 0.15) is 17.4 Å². The number of nitrogens with zero attached hydrogens (tertiary/aromatic N) is 3. The molecule has 4 rings (SSSR count). The van der Waals surface area contributed by atoms with E-state index in [0.717, 1.165) is 53.8 Å². The molecule has 0 bridgehead atoms. The maximum Gasteiger partial charge on any atom is 0.140 e. The van der Waals surface area contributed by atoms with Crippen molar-refractivity contribution in [3.05, 3.63) is 71.3 Å². The molecule has 134 valence electrons. The number of aryl methyl sites for hydroxylation is 1. The minimum atomic E-state index is 0.279. The quantitative estimate of drug-likeness (QED) is 0.625. The van der Waals surface area contributed by atoms with Crippen molar-refractivity contribution in [3.8, 4) is 11.4 Å². The van der Waals surface area contributed by atoms with Gasteiger partial charge in [0, 0.05) is 16.6 Å². The van der Waals surface area contributed by atoms with Crippen LogP contribution < -0.4 is 4.74 Å². The Bertz CT molecular complexity index is 853. The highest BCUT2D eigenvalue weighted by atomic mass is 35.5. The van der Waals surface area contributed by atoms with E-state index in [4.69, 9.17) is 16.3 Å². The SMILES string of the molecule is Cc1nnc([C@H]2CC[C@H](Oc3ccccc3)CC2)n1-c1ccc(Cl)cc1. The number of halogens is 1. The fourth-order valence-electron chi connectivity index (χ4n) is 3.68. The van der Waals surface area contributed by atoms with E-state index in [2.05, 4.69) is 14.8 Å². The Balaban J connectivity index is 1.47. The van der Waals surface area contributed by atoms with E-state index >= 15 is 0 Å². The summed E-state index contributed by atoms with van der Waals surface area (Å²) in [5.74, 6) is 3.31. The molecular weight excluding hydrogens is 346 g/mol. The van der Waals surface area contributed by atoms with Crippen molar-refractivity contribution in [1.29, 1.82) is 0 Å². The average Bonchev–Trinajstić information content (AvgIpc) is 3.05. The van der Waals surface area contributed by atoms with E-state index in [1.165, 1.54) is 0 Å². The molecule has 1 aliphatic rings. The van der Waals surface area contributed by atoms with Crippen molar-refractivity contribution in [2.75, 3.05) is 0 Å². The van der Waals surface area contributed by atoms with Crippen LogP contribution in [0.25, 0.3) is 5.69 Å². The maximum atomic E-state index is 6.12. The number of hydrogen-bond acceptors (Lipinski definition) is 3. The largest absolute Gasteiger partial charge is 0.490 e. The fourth-order valence-corrected chi connectivity index (χ4v) is 3.81. The highest BCUT2D eigenvalue weighted by molar-refractivity contribution is 6.30. The van der Waals surface area contributed by atoms with Crippen LogP contribution in [0.5, 0.6) is 5.75 Å². The van der Waals surface area contributed by atoms with Crippen molar-refractivity contribution in [2.45, 2.75) is 44.6 Å². The second kappa shape index (κ2) is 7.50. The lowest BCUT2D eigenvalue weighted by molar-refractivity contribution is 0.144. The molecule has 2 aromatic carbocycles. The summed E-state index contributed by atoms with van der Waals surface area (Å²) in [7, 11) is 0. The molecule has 0 aliphatic heterocycles. The Labute approximate surface area is 158 Å². The lowest BCUT2D eigenvalue weighted by Crippen LogP contribution is -2.24. The molecule has 0 N–H and O–H groups in total. The molecule has 4 nitrogen and oxygen atoms in total. The molecule has 0 radical (unpaired) electrons. The van der Waals surface area contributed by atoms with E-state index in [1.807, 2.05) is 61.5 Å². The van der Waals surface area contributed by atoms with E-state index in [9.17, 15) is 0 Å². The van der Waals surface area contributed by atoms with E-state index in [1.54, 1.807) is 0 Å². The third kappa shape index (κ3) is 3.61. The summed E-state index contributed by atoms with van der Waals surface area (Å²) in [6, 6.07) is 17.9. The molecule has 0 unspecified atom stereocenters. The summed E-state index contributed by atoms with van der Waals surface area (Å²) < 4.78 is 8.27. The lowest BCUT2D eigenvalue weighted by atomic mass is 9.86. The monoisotopic (exact) mass is 367 g/mol. The number of para-hydroxylation sites is 1. The Morgan fingerprint density at radius 3 is 2.31 bits per heavy atom. The Morgan fingerprint density at radius 1 is 0.923 bits per heavy atom. The Kier molecular flexibility index (Phi) is 4.93. The van der Waals surface area contributed by atoms with Crippen molar-refractivity contribution in [2.24, 2.45) is 0 Å². The average molecular weight is 368 g/mol. The predicted molar refractivity (Wildman–Crippen MR) is 103 cm³/mol. The fraction of sp³-hybridized carbons (Fsp3) is 0.333. The zero-order valence-corrected chi connectivity index (χ0v) is 15.6. The van der Waals surface area contributed by atoms with Gasteiger partial charge in [-0.15, -0.1) is 10.2 Å². The maximum absolute atomic E-state index is 6.12. The molecule has 1 saturated carbocycles. The molecule has 3 aromatic rings.